The lowest BCUT2D eigenvalue weighted by atomic mass is 10.0. The van der Waals surface area contributed by atoms with Crippen LogP contribution in [0.15, 0.2) is 59.0 Å². The lowest BCUT2D eigenvalue weighted by molar-refractivity contribution is 0.328. The van der Waals surface area contributed by atoms with Crippen molar-refractivity contribution >= 4 is 35.0 Å². The van der Waals surface area contributed by atoms with Crippen LogP contribution in [0.5, 0.6) is 0 Å². The van der Waals surface area contributed by atoms with Crippen LogP contribution >= 0.6 is 24.0 Å². The van der Waals surface area contributed by atoms with E-state index in [9.17, 15) is 0 Å². The van der Waals surface area contributed by atoms with E-state index in [0.29, 0.717) is 6.04 Å². The van der Waals surface area contributed by atoms with E-state index in [4.69, 9.17) is 16.0 Å². The summed E-state index contributed by atoms with van der Waals surface area (Å²) in [5.74, 6) is 0.920. The second kappa shape index (κ2) is 8.72. The molecule has 0 spiro atoms. The summed E-state index contributed by atoms with van der Waals surface area (Å²) in [4.78, 5) is 2.18. The first-order valence-corrected chi connectivity index (χ1v) is 8.55. The first-order valence-electron chi connectivity index (χ1n) is 8.17. The standard InChI is InChI=1S/C20H23ClN2O.ClH/c1-14(13-23(2)3)22-20(15-8-10-17(21)11-9-15)19-12-16-6-4-5-7-18(16)24-19;/h4-12,14,20,22H,13H2,1-3H3;1H. The molecule has 0 fully saturated rings. The molecule has 1 N–H and O–H groups in total. The molecule has 0 radical (unpaired) electrons. The monoisotopic (exact) mass is 378 g/mol. The minimum Gasteiger partial charge on any atom is -0.459 e. The molecular weight excluding hydrogens is 355 g/mol. The van der Waals surface area contributed by atoms with Gasteiger partial charge in [0.25, 0.3) is 0 Å². The quantitative estimate of drug-likeness (QED) is 0.643. The molecule has 3 rings (SSSR count). The molecule has 0 aliphatic carbocycles. The molecule has 2 atom stereocenters. The molecule has 0 amide bonds. The van der Waals surface area contributed by atoms with Crippen molar-refractivity contribution in [3.05, 3.63) is 70.9 Å². The second-order valence-electron chi connectivity index (χ2n) is 6.50. The fourth-order valence-corrected chi connectivity index (χ4v) is 3.15. The Labute approximate surface area is 160 Å². The van der Waals surface area contributed by atoms with Crippen molar-refractivity contribution in [1.29, 1.82) is 0 Å². The maximum atomic E-state index is 6.11. The Morgan fingerprint density at radius 3 is 2.40 bits per heavy atom. The van der Waals surface area contributed by atoms with E-state index in [1.54, 1.807) is 0 Å². The highest BCUT2D eigenvalue weighted by molar-refractivity contribution is 6.30. The van der Waals surface area contributed by atoms with Crippen molar-refractivity contribution in [3.8, 4) is 0 Å². The Morgan fingerprint density at radius 2 is 1.76 bits per heavy atom. The topological polar surface area (TPSA) is 28.4 Å². The van der Waals surface area contributed by atoms with Crippen molar-refractivity contribution in [3.63, 3.8) is 0 Å². The highest BCUT2D eigenvalue weighted by Crippen LogP contribution is 2.29. The summed E-state index contributed by atoms with van der Waals surface area (Å²) in [5, 5.41) is 5.54. The average molecular weight is 379 g/mol. The molecular formula is C20H24Cl2N2O. The van der Waals surface area contributed by atoms with Gasteiger partial charge in [0.05, 0.1) is 6.04 Å². The lowest BCUT2D eigenvalue weighted by Gasteiger charge is -2.24. The third-order valence-electron chi connectivity index (χ3n) is 4.02. The second-order valence-corrected chi connectivity index (χ2v) is 6.94. The van der Waals surface area contributed by atoms with Gasteiger partial charge in [-0.1, -0.05) is 41.9 Å². The number of likely N-dealkylation sites (N-methyl/N-ethyl adjacent to an activating group) is 1. The molecule has 0 bridgehead atoms. The molecule has 0 aliphatic rings. The van der Waals surface area contributed by atoms with Crippen molar-refractivity contribution < 1.29 is 4.42 Å². The SMILES string of the molecule is CC(CN(C)C)NC(c1ccc(Cl)cc1)c1cc2ccccc2o1.Cl. The first kappa shape index (κ1) is 19.8. The highest BCUT2D eigenvalue weighted by atomic mass is 35.5. The smallest absolute Gasteiger partial charge is 0.134 e. The maximum absolute atomic E-state index is 6.11. The summed E-state index contributed by atoms with van der Waals surface area (Å²) in [6.45, 7) is 3.13. The molecule has 2 unspecified atom stereocenters. The van der Waals surface area contributed by atoms with Crippen molar-refractivity contribution in [2.45, 2.75) is 19.0 Å². The molecule has 2 aromatic carbocycles. The maximum Gasteiger partial charge on any atom is 0.134 e. The number of nitrogens with zero attached hydrogens (tertiary/aromatic N) is 1. The van der Waals surface area contributed by atoms with Crippen LogP contribution in [0.4, 0.5) is 0 Å². The van der Waals surface area contributed by atoms with Gasteiger partial charge in [-0.25, -0.2) is 0 Å². The highest BCUT2D eigenvalue weighted by Gasteiger charge is 2.21. The van der Waals surface area contributed by atoms with Crippen LogP contribution < -0.4 is 5.32 Å². The third-order valence-corrected chi connectivity index (χ3v) is 4.27. The fourth-order valence-electron chi connectivity index (χ4n) is 3.03. The molecule has 1 heterocycles. The fraction of sp³-hybridized carbons (Fsp3) is 0.300. The van der Waals surface area contributed by atoms with Gasteiger partial charge in [0.15, 0.2) is 0 Å². The van der Waals surface area contributed by atoms with Gasteiger partial charge >= 0.3 is 0 Å². The molecule has 25 heavy (non-hydrogen) atoms. The van der Waals surface area contributed by atoms with E-state index in [1.165, 1.54) is 0 Å². The van der Waals surface area contributed by atoms with Crippen molar-refractivity contribution in [2.24, 2.45) is 0 Å². The summed E-state index contributed by atoms with van der Waals surface area (Å²) in [6.07, 6.45) is 0. The molecule has 3 nitrogen and oxygen atoms in total. The van der Waals surface area contributed by atoms with Crippen molar-refractivity contribution in [2.75, 3.05) is 20.6 Å². The largest absolute Gasteiger partial charge is 0.459 e. The number of nitrogens with one attached hydrogen (secondary N) is 1. The van der Waals surface area contributed by atoms with E-state index in [-0.39, 0.29) is 18.4 Å². The first-order chi connectivity index (χ1) is 11.5. The van der Waals surface area contributed by atoms with Crippen LogP contribution in [0.1, 0.15) is 24.3 Å². The van der Waals surface area contributed by atoms with Gasteiger partial charge in [-0.15, -0.1) is 12.4 Å². The minimum atomic E-state index is -0.00961. The predicted molar refractivity (Wildman–Crippen MR) is 108 cm³/mol. The van der Waals surface area contributed by atoms with Crippen LogP contribution in [0.3, 0.4) is 0 Å². The van der Waals surface area contributed by atoms with Crippen LogP contribution in [-0.4, -0.2) is 31.6 Å². The number of benzene rings is 2. The summed E-state index contributed by atoms with van der Waals surface area (Å²) in [7, 11) is 4.16. The zero-order chi connectivity index (χ0) is 17.1. The van der Waals surface area contributed by atoms with E-state index in [0.717, 1.165) is 33.9 Å². The van der Waals surface area contributed by atoms with Gasteiger partial charge in [-0.05, 0) is 50.8 Å². The summed E-state index contributed by atoms with van der Waals surface area (Å²) in [5.41, 5.74) is 2.05. The van der Waals surface area contributed by atoms with E-state index in [1.807, 2.05) is 30.3 Å². The Kier molecular flexibility index (Phi) is 6.91. The van der Waals surface area contributed by atoms with Gasteiger partial charge in [0, 0.05) is 23.0 Å². The summed E-state index contributed by atoms with van der Waals surface area (Å²) < 4.78 is 6.11. The Morgan fingerprint density at radius 1 is 1.08 bits per heavy atom. The van der Waals surface area contributed by atoms with Crippen LogP contribution in [0.2, 0.25) is 5.02 Å². The number of furan rings is 1. The zero-order valence-corrected chi connectivity index (χ0v) is 16.3. The van der Waals surface area contributed by atoms with Crippen molar-refractivity contribution in [1.82, 2.24) is 10.2 Å². The number of hydrogen-bond acceptors (Lipinski definition) is 3. The Hall–Kier alpha value is -1.52. The zero-order valence-electron chi connectivity index (χ0n) is 14.7. The van der Waals surface area contributed by atoms with Gasteiger partial charge in [-0.3, -0.25) is 5.32 Å². The molecule has 0 aliphatic heterocycles. The molecule has 3 aromatic rings. The summed E-state index contributed by atoms with van der Waals surface area (Å²) >= 11 is 6.05. The number of fused-ring (bicyclic) bond motifs is 1. The minimum absolute atomic E-state index is 0. The average Bonchev–Trinajstić information content (AvgIpc) is 2.96. The molecule has 0 saturated heterocycles. The van der Waals surface area contributed by atoms with E-state index in [2.05, 4.69) is 55.5 Å². The van der Waals surface area contributed by atoms with Crippen LogP contribution in [-0.2, 0) is 0 Å². The molecule has 134 valence electrons. The number of hydrogen-bond donors (Lipinski definition) is 1. The van der Waals surface area contributed by atoms with Gasteiger partial charge in [-0.2, -0.15) is 0 Å². The molecule has 0 saturated carbocycles. The number of halogens is 2. The number of rotatable bonds is 6. The third kappa shape index (κ3) is 4.99. The number of para-hydroxylation sites is 1. The lowest BCUT2D eigenvalue weighted by Crippen LogP contribution is -2.38. The molecule has 1 aromatic heterocycles. The summed E-state index contributed by atoms with van der Waals surface area (Å²) in [6, 6.07) is 18.5. The van der Waals surface area contributed by atoms with E-state index >= 15 is 0 Å². The normalized spacial score (nSPS) is 13.6. The van der Waals surface area contributed by atoms with Crippen LogP contribution in [0, 0.1) is 0 Å². The Balaban J connectivity index is 0.00000225. The Bertz CT molecular complexity index is 766. The van der Waals surface area contributed by atoms with Gasteiger partial charge in [0.1, 0.15) is 11.3 Å². The van der Waals surface area contributed by atoms with Gasteiger partial charge < -0.3 is 9.32 Å². The molecule has 5 heteroatoms. The van der Waals surface area contributed by atoms with E-state index < -0.39 is 0 Å². The van der Waals surface area contributed by atoms with Gasteiger partial charge in [0.2, 0.25) is 0 Å². The van der Waals surface area contributed by atoms with Crippen LogP contribution in [0.25, 0.3) is 11.0 Å². The predicted octanol–water partition coefficient (Wildman–Crippen LogP) is 5.14.